The molecule has 0 saturated carbocycles. The third-order valence-electron chi connectivity index (χ3n) is 4.44. The minimum Gasteiger partial charge on any atom is -0.463 e. The minimum absolute atomic E-state index is 0.000203. The zero-order chi connectivity index (χ0) is 19.2. The largest absolute Gasteiger partial charge is 0.463 e. The van der Waals surface area contributed by atoms with Gasteiger partial charge in [-0.1, -0.05) is 0 Å². The molecule has 3 aromatic rings. The Morgan fingerprint density at radius 1 is 1.41 bits per heavy atom. The molecule has 0 bridgehead atoms. The van der Waals surface area contributed by atoms with Crippen LogP contribution in [0.4, 0.5) is 13.2 Å². The zero-order valence-corrected chi connectivity index (χ0v) is 14.7. The van der Waals surface area contributed by atoms with E-state index in [1.165, 1.54) is 16.9 Å². The Kier molecular flexibility index (Phi) is 4.39. The Morgan fingerprint density at radius 2 is 2.22 bits per heavy atom. The first-order valence-electron chi connectivity index (χ1n) is 8.25. The molecule has 0 aromatic carbocycles. The van der Waals surface area contributed by atoms with Crippen LogP contribution in [0.15, 0.2) is 33.7 Å². The lowest BCUT2D eigenvalue weighted by Gasteiger charge is -2.17. The number of hydrogen-bond donors (Lipinski definition) is 1. The van der Waals surface area contributed by atoms with Crippen molar-refractivity contribution in [3.05, 3.63) is 45.2 Å². The Bertz CT molecular complexity index is 1100. The SMILES string of the molecule is O=c1[nH]c(=S)n(C[C@@H]2CCCO2)c2nc(-c3ccco3)cc(C(F)(F)F)c12. The molecule has 1 fully saturated rings. The highest BCUT2D eigenvalue weighted by molar-refractivity contribution is 7.71. The van der Waals surface area contributed by atoms with Crippen LogP contribution in [-0.2, 0) is 17.5 Å². The quantitative estimate of drug-likeness (QED) is 0.679. The molecule has 10 heteroatoms. The number of nitrogens with one attached hydrogen (secondary N) is 1. The summed E-state index contributed by atoms with van der Waals surface area (Å²) < 4.78 is 53.2. The molecule has 0 aliphatic carbocycles. The number of aromatic amines is 1. The highest BCUT2D eigenvalue weighted by Crippen LogP contribution is 2.35. The van der Waals surface area contributed by atoms with Gasteiger partial charge in [0.2, 0.25) is 0 Å². The zero-order valence-electron chi connectivity index (χ0n) is 13.9. The molecule has 27 heavy (non-hydrogen) atoms. The highest BCUT2D eigenvalue weighted by Gasteiger charge is 2.36. The summed E-state index contributed by atoms with van der Waals surface area (Å²) in [5.74, 6) is 0.164. The van der Waals surface area contributed by atoms with E-state index in [4.69, 9.17) is 21.4 Å². The first-order chi connectivity index (χ1) is 12.8. The maximum atomic E-state index is 13.7. The second kappa shape index (κ2) is 6.61. The van der Waals surface area contributed by atoms with E-state index >= 15 is 0 Å². The van der Waals surface area contributed by atoms with Gasteiger partial charge in [0.15, 0.2) is 10.5 Å². The third-order valence-corrected chi connectivity index (χ3v) is 4.76. The van der Waals surface area contributed by atoms with Gasteiger partial charge < -0.3 is 9.15 Å². The van der Waals surface area contributed by atoms with Crippen molar-refractivity contribution in [2.24, 2.45) is 0 Å². The van der Waals surface area contributed by atoms with Gasteiger partial charge in [-0.2, -0.15) is 13.2 Å². The number of hydrogen-bond acceptors (Lipinski definition) is 5. The van der Waals surface area contributed by atoms with E-state index in [2.05, 4.69) is 9.97 Å². The van der Waals surface area contributed by atoms with Gasteiger partial charge >= 0.3 is 6.18 Å². The van der Waals surface area contributed by atoms with Gasteiger partial charge in [-0.25, -0.2) is 4.98 Å². The smallest absolute Gasteiger partial charge is 0.417 e. The molecule has 142 valence electrons. The molecular formula is C17H14F3N3O3S. The van der Waals surface area contributed by atoms with Crippen LogP contribution in [0.1, 0.15) is 18.4 Å². The summed E-state index contributed by atoms with van der Waals surface area (Å²) in [7, 11) is 0. The second-order valence-corrected chi connectivity index (χ2v) is 6.62. The Labute approximate surface area is 155 Å². The molecule has 0 radical (unpaired) electrons. The van der Waals surface area contributed by atoms with E-state index in [0.717, 1.165) is 18.9 Å². The summed E-state index contributed by atoms with van der Waals surface area (Å²) in [4.78, 5) is 18.9. The van der Waals surface area contributed by atoms with Gasteiger partial charge in [-0.15, -0.1) is 0 Å². The summed E-state index contributed by atoms with van der Waals surface area (Å²) in [5, 5.41) is -0.551. The molecule has 1 N–H and O–H groups in total. The fraction of sp³-hybridized carbons (Fsp3) is 0.353. The first-order valence-corrected chi connectivity index (χ1v) is 8.66. The molecule has 1 aliphatic heterocycles. The van der Waals surface area contributed by atoms with Crippen molar-refractivity contribution in [2.45, 2.75) is 31.7 Å². The van der Waals surface area contributed by atoms with E-state index in [9.17, 15) is 18.0 Å². The number of rotatable bonds is 3. The van der Waals surface area contributed by atoms with Crippen molar-refractivity contribution in [3.63, 3.8) is 0 Å². The molecule has 1 saturated heterocycles. The molecule has 4 heterocycles. The topological polar surface area (TPSA) is 73.0 Å². The number of nitrogens with zero attached hydrogens (tertiary/aromatic N) is 2. The van der Waals surface area contributed by atoms with E-state index in [1.54, 1.807) is 6.07 Å². The van der Waals surface area contributed by atoms with Crippen molar-refractivity contribution in [1.29, 1.82) is 0 Å². The van der Waals surface area contributed by atoms with Crippen LogP contribution < -0.4 is 5.56 Å². The maximum absolute atomic E-state index is 13.7. The number of alkyl halides is 3. The van der Waals surface area contributed by atoms with Crippen LogP contribution >= 0.6 is 12.2 Å². The van der Waals surface area contributed by atoms with Crippen molar-refractivity contribution < 1.29 is 22.3 Å². The molecular weight excluding hydrogens is 383 g/mol. The summed E-state index contributed by atoms with van der Waals surface area (Å²) in [6, 6.07) is 3.86. The van der Waals surface area contributed by atoms with Crippen molar-refractivity contribution in [1.82, 2.24) is 14.5 Å². The van der Waals surface area contributed by atoms with Gasteiger partial charge in [-0.05, 0) is 43.3 Å². The number of fused-ring (bicyclic) bond motifs is 1. The Morgan fingerprint density at radius 3 is 2.85 bits per heavy atom. The van der Waals surface area contributed by atoms with Crippen LogP contribution in [-0.4, -0.2) is 27.2 Å². The van der Waals surface area contributed by atoms with E-state index < -0.39 is 22.7 Å². The van der Waals surface area contributed by atoms with Crippen molar-refractivity contribution >= 4 is 23.3 Å². The van der Waals surface area contributed by atoms with Crippen molar-refractivity contribution in [3.8, 4) is 11.5 Å². The monoisotopic (exact) mass is 397 g/mol. The molecule has 0 unspecified atom stereocenters. The van der Waals surface area contributed by atoms with Gasteiger partial charge in [0.25, 0.3) is 5.56 Å². The third kappa shape index (κ3) is 3.30. The molecule has 3 aromatic heterocycles. The fourth-order valence-electron chi connectivity index (χ4n) is 3.21. The predicted molar refractivity (Wildman–Crippen MR) is 92.9 cm³/mol. The van der Waals surface area contributed by atoms with Crippen molar-refractivity contribution in [2.75, 3.05) is 6.61 Å². The standard InChI is InChI=1S/C17H14F3N3O3S/c18-17(19,20)10-7-11(12-4-2-6-26-12)21-14-13(10)15(24)22-16(27)23(14)8-9-3-1-5-25-9/h2,4,6-7,9H,1,3,5,8H2,(H,22,24,27)/t9-/m0/s1. The van der Waals surface area contributed by atoms with Crippen LogP contribution in [0.25, 0.3) is 22.5 Å². The lowest BCUT2D eigenvalue weighted by molar-refractivity contribution is -0.136. The minimum atomic E-state index is -4.75. The van der Waals surface area contributed by atoms with Crippen LogP contribution in [0, 0.1) is 4.77 Å². The lowest BCUT2D eigenvalue weighted by Crippen LogP contribution is -2.24. The van der Waals surface area contributed by atoms with Gasteiger partial charge in [0, 0.05) is 6.61 Å². The molecule has 0 amide bonds. The van der Waals surface area contributed by atoms with E-state index in [0.29, 0.717) is 6.61 Å². The summed E-state index contributed by atoms with van der Waals surface area (Å²) in [6.07, 6.45) is -2.00. The van der Waals surface area contributed by atoms with Crippen LogP contribution in [0.5, 0.6) is 0 Å². The number of ether oxygens (including phenoxy) is 1. The fourth-order valence-corrected chi connectivity index (χ4v) is 3.46. The number of furan rings is 1. The molecule has 6 nitrogen and oxygen atoms in total. The molecule has 1 atom stereocenters. The van der Waals surface area contributed by atoms with Gasteiger partial charge in [0.05, 0.1) is 29.9 Å². The number of halogens is 3. The second-order valence-electron chi connectivity index (χ2n) is 6.23. The molecule has 0 spiro atoms. The average molecular weight is 397 g/mol. The normalized spacial score (nSPS) is 17.7. The summed E-state index contributed by atoms with van der Waals surface area (Å²) in [6.45, 7) is 0.788. The average Bonchev–Trinajstić information content (AvgIpc) is 3.30. The van der Waals surface area contributed by atoms with Crippen LogP contribution in [0.2, 0.25) is 0 Å². The summed E-state index contributed by atoms with van der Waals surface area (Å²) >= 11 is 5.19. The van der Waals surface area contributed by atoms with E-state index in [-0.39, 0.29) is 34.5 Å². The number of pyridine rings is 1. The number of H-pyrrole nitrogens is 1. The Hall–Kier alpha value is -2.46. The highest BCUT2D eigenvalue weighted by atomic mass is 32.1. The first kappa shape index (κ1) is 17.9. The predicted octanol–water partition coefficient (Wildman–Crippen LogP) is 3.91. The van der Waals surface area contributed by atoms with Gasteiger partial charge in [0.1, 0.15) is 11.3 Å². The lowest BCUT2D eigenvalue weighted by atomic mass is 10.1. The maximum Gasteiger partial charge on any atom is 0.417 e. The van der Waals surface area contributed by atoms with Gasteiger partial charge in [-0.3, -0.25) is 14.3 Å². The molecule has 1 aliphatic rings. The summed E-state index contributed by atoms with van der Waals surface area (Å²) in [5.41, 5.74) is -2.18. The molecule has 4 rings (SSSR count). The van der Waals surface area contributed by atoms with E-state index in [1.807, 2.05) is 0 Å². The van der Waals surface area contributed by atoms with Crippen LogP contribution in [0.3, 0.4) is 0 Å². The number of aromatic nitrogens is 3. The Balaban J connectivity index is 2.04.